The number of sulfonamides is 1. The Morgan fingerprint density at radius 1 is 1.07 bits per heavy atom. The van der Waals surface area contributed by atoms with Crippen LogP contribution in [0.4, 0.5) is 5.69 Å². The second kappa shape index (κ2) is 8.76. The zero-order valence-corrected chi connectivity index (χ0v) is 15.9. The van der Waals surface area contributed by atoms with Gasteiger partial charge in [0.1, 0.15) is 0 Å². The van der Waals surface area contributed by atoms with E-state index in [1.54, 1.807) is 12.1 Å². The highest BCUT2D eigenvalue weighted by Crippen LogP contribution is 2.16. The molecule has 1 amide bonds. The first-order chi connectivity index (χ1) is 12.8. The summed E-state index contributed by atoms with van der Waals surface area (Å²) in [6.07, 6.45) is 0. The van der Waals surface area contributed by atoms with E-state index >= 15 is 0 Å². The fraction of sp³-hybridized carbons (Fsp3) is 0.222. The van der Waals surface area contributed by atoms with Crippen LogP contribution in [0.2, 0.25) is 0 Å². The topological polar surface area (TPSA) is 102 Å². The van der Waals surface area contributed by atoms with Gasteiger partial charge in [-0.25, -0.2) is 13.2 Å². The molecule has 27 heavy (non-hydrogen) atoms. The SMILES string of the molecule is CON(C)S(=O)(=O)c1ccc(C(=O)OCC(=O)Nc2ccccc2C)cc1. The lowest BCUT2D eigenvalue weighted by Crippen LogP contribution is -2.25. The highest BCUT2D eigenvalue weighted by Gasteiger charge is 2.21. The number of hydroxylamine groups is 1. The van der Waals surface area contributed by atoms with Crippen LogP contribution in [-0.4, -0.2) is 45.5 Å². The number of benzene rings is 2. The second-order valence-corrected chi connectivity index (χ2v) is 7.50. The van der Waals surface area contributed by atoms with E-state index in [1.165, 1.54) is 38.4 Å². The Kier molecular flexibility index (Phi) is 6.67. The Morgan fingerprint density at radius 3 is 2.30 bits per heavy atom. The molecule has 8 nitrogen and oxygen atoms in total. The Bertz CT molecular complexity index is 925. The van der Waals surface area contributed by atoms with Crippen molar-refractivity contribution in [3.8, 4) is 0 Å². The molecule has 0 radical (unpaired) electrons. The number of anilines is 1. The molecular weight excluding hydrogens is 372 g/mol. The van der Waals surface area contributed by atoms with Gasteiger partial charge >= 0.3 is 5.97 Å². The average molecular weight is 392 g/mol. The molecule has 0 spiro atoms. The van der Waals surface area contributed by atoms with E-state index in [0.717, 1.165) is 5.56 Å². The monoisotopic (exact) mass is 392 g/mol. The number of esters is 1. The summed E-state index contributed by atoms with van der Waals surface area (Å²) in [7, 11) is -1.32. The number of nitrogens with one attached hydrogen (secondary N) is 1. The zero-order valence-electron chi connectivity index (χ0n) is 15.1. The lowest BCUT2D eigenvalue weighted by atomic mass is 10.2. The summed E-state index contributed by atoms with van der Waals surface area (Å²) in [4.78, 5) is 28.6. The number of ether oxygens (including phenoxy) is 1. The van der Waals surface area contributed by atoms with Gasteiger partial charge in [0.05, 0.1) is 17.6 Å². The highest BCUT2D eigenvalue weighted by molar-refractivity contribution is 7.89. The Hall–Kier alpha value is -2.75. The van der Waals surface area contributed by atoms with Crippen molar-refractivity contribution < 1.29 is 27.6 Å². The van der Waals surface area contributed by atoms with Crippen LogP contribution in [0.1, 0.15) is 15.9 Å². The first kappa shape index (κ1) is 20.6. The van der Waals surface area contributed by atoms with Crippen LogP contribution in [0.5, 0.6) is 0 Å². The third-order valence-corrected chi connectivity index (χ3v) is 5.43. The Morgan fingerprint density at radius 2 is 1.70 bits per heavy atom. The van der Waals surface area contributed by atoms with Crippen LogP contribution in [0, 0.1) is 6.92 Å². The van der Waals surface area contributed by atoms with Crippen molar-refractivity contribution in [3.63, 3.8) is 0 Å². The summed E-state index contributed by atoms with van der Waals surface area (Å²) in [5, 5.41) is 2.65. The van der Waals surface area contributed by atoms with Gasteiger partial charge in [-0.05, 0) is 42.8 Å². The molecule has 0 unspecified atom stereocenters. The Labute approximate surface area is 157 Å². The summed E-state index contributed by atoms with van der Waals surface area (Å²) in [5.41, 5.74) is 1.64. The molecule has 0 saturated carbocycles. The predicted octanol–water partition coefficient (Wildman–Crippen LogP) is 1.97. The van der Waals surface area contributed by atoms with E-state index in [-0.39, 0.29) is 10.5 Å². The molecule has 0 fully saturated rings. The number of carbonyl (C=O) groups excluding carboxylic acids is 2. The fourth-order valence-corrected chi connectivity index (χ4v) is 3.10. The van der Waals surface area contributed by atoms with Gasteiger partial charge < -0.3 is 10.1 Å². The van der Waals surface area contributed by atoms with Crippen molar-refractivity contribution in [3.05, 3.63) is 59.7 Å². The first-order valence-electron chi connectivity index (χ1n) is 7.91. The zero-order chi connectivity index (χ0) is 20.0. The van der Waals surface area contributed by atoms with E-state index in [9.17, 15) is 18.0 Å². The van der Waals surface area contributed by atoms with Crippen molar-refractivity contribution >= 4 is 27.6 Å². The van der Waals surface area contributed by atoms with Crippen molar-refractivity contribution in [1.29, 1.82) is 0 Å². The van der Waals surface area contributed by atoms with E-state index in [2.05, 4.69) is 10.2 Å². The number of aryl methyl sites for hydroxylation is 1. The van der Waals surface area contributed by atoms with Gasteiger partial charge in [-0.2, -0.15) is 0 Å². The van der Waals surface area contributed by atoms with Gasteiger partial charge in [-0.15, -0.1) is 0 Å². The normalized spacial score (nSPS) is 11.3. The molecule has 0 bridgehead atoms. The van der Waals surface area contributed by atoms with E-state index in [4.69, 9.17) is 4.74 Å². The van der Waals surface area contributed by atoms with Gasteiger partial charge in [0, 0.05) is 12.7 Å². The second-order valence-electron chi connectivity index (χ2n) is 5.56. The Balaban J connectivity index is 1.96. The molecule has 1 N–H and O–H groups in total. The molecule has 2 aromatic rings. The number of hydrogen-bond donors (Lipinski definition) is 1. The van der Waals surface area contributed by atoms with Crippen molar-refractivity contribution in [2.24, 2.45) is 0 Å². The smallest absolute Gasteiger partial charge is 0.338 e. The molecule has 9 heteroatoms. The number of hydrogen-bond acceptors (Lipinski definition) is 6. The summed E-state index contributed by atoms with van der Waals surface area (Å²) in [5.74, 6) is -1.21. The third-order valence-electron chi connectivity index (χ3n) is 3.74. The van der Waals surface area contributed by atoms with Crippen molar-refractivity contribution in [2.75, 3.05) is 26.1 Å². The lowest BCUT2D eigenvalue weighted by molar-refractivity contribution is -0.119. The summed E-state index contributed by atoms with van der Waals surface area (Å²) >= 11 is 0. The largest absolute Gasteiger partial charge is 0.452 e. The lowest BCUT2D eigenvalue weighted by Gasteiger charge is -2.14. The molecule has 0 heterocycles. The molecule has 144 valence electrons. The fourth-order valence-electron chi connectivity index (χ4n) is 2.12. The minimum atomic E-state index is -3.80. The van der Waals surface area contributed by atoms with E-state index < -0.39 is 28.5 Å². The maximum absolute atomic E-state index is 12.1. The first-order valence-corrected chi connectivity index (χ1v) is 9.35. The van der Waals surface area contributed by atoms with Gasteiger partial charge in [-0.3, -0.25) is 9.63 Å². The highest BCUT2D eigenvalue weighted by atomic mass is 32.2. The van der Waals surface area contributed by atoms with Crippen LogP contribution >= 0.6 is 0 Å². The number of para-hydroxylation sites is 1. The maximum atomic E-state index is 12.1. The van der Waals surface area contributed by atoms with Crippen LogP contribution in [0.15, 0.2) is 53.4 Å². The number of carbonyl (C=O) groups is 2. The molecule has 2 aromatic carbocycles. The quantitative estimate of drug-likeness (QED) is 0.571. The number of amides is 1. The van der Waals surface area contributed by atoms with Gasteiger partial charge in [0.25, 0.3) is 15.9 Å². The van der Waals surface area contributed by atoms with Gasteiger partial charge in [-0.1, -0.05) is 22.7 Å². The van der Waals surface area contributed by atoms with Crippen LogP contribution in [0.3, 0.4) is 0 Å². The maximum Gasteiger partial charge on any atom is 0.338 e. The van der Waals surface area contributed by atoms with Gasteiger partial charge in [0.2, 0.25) is 0 Å². The van der Waals surface area contributed by atoms with E-state index in [0.29, 0.717) is 10.2 Å². The summed E-state index contributed by atoms with van der Waals surface area (Å²) in [6, 6.07) is 12.3. The molecule has 0 aliphatic rings. The van der Waals surface area contributed by atoms with Gasteiger partial charge in [0.15, 0.2) is 6.61 Å². The average Bonchev–Trinajstić information content (AvgIpc) is 2.67. The summed E-state index contributed by atoms with van der Waals surface area (Å²) < 4.78 is 29.8. The minimum Gasteiger partial charge on any atom is -0.452 e. The van der Waals surface area contributed by atoms with E-state index in [1.807, 2.05) is 19.1 Å². The summed E-state index contributed by atoms with van der Waals surface area (Å²) in [6.45, 7) is 1.39. The van der Waals surface area contributed by atoms with Crippen molar-refractivity contribution in [2.45, 2.75) is 11.8 Å². The van der Waals surface area contributed by atoms with Crippen LogP contribution < -0.4 is 5.32 Å². The molecular formula is C18H20N2O6S. The molecule has 0 atom stereocenters. The third kappa shape index (κ3) is 5.13. The standard InChI is InChI=1S/C18H20N2O6S/c1-13-6-4-5-7-16(13)19-17(21)12-26-18(22)14-8-10-15(11-9-14)27(23,24)20(2)25-3/h4-11H,12H2,1-3H3,(H,19,21). The van der Waals surface area contributed by atoms with Crippen LogP contribution in [0.25, 0.3) is 0 Å². The minimum absolute atomic E-state index is 0.0410. The molecule has 0 saturated heterocycles. The predicted molar refractivity (Wildman–Crippen MR) is 98.5 cm³/mol. The van der Waals surface area contributed by atoms with Crippen LogP contribution in [-0.2, 0) is 24.4 Å². The number of rotatable bonds is 7. The van der Waals surface area contributed by atoms with Crippen molar-refractivity contribution in [1.82, 2.24) is 4.47 Å². The molecule has 0 aromatic heterocycles. The molecule has 0 aliphatic carbocycles. The number of nitrogens with zero attached hydrogens (tertiary/aromatic N) is 1. The molecule has 2 rings (SSSR count). The molecule has 0 aliphatic heterocycles.